The van der Waals surface area contributed by atoms with E-state index in [0.717, 1.165) is 31.2 Å². The minimum Gasteiger partial charge on any atom is -0.349 e. The number of amides is 1. The molecule has 156 valence electrons. The Kier molecular flexibility index (Phi) is 6.96. The normalized spacial score (nSPS) is 15.9. The molecule has 1 N–H and O–H groups in total. The average molecular weight is 415 g/mol. The second-order valence-corrected chi connectivity index (χ2v) is 9.77. The number of carbonyl (C=O) groups is 1. The van der Waals surface area contributed by atoms with Gasteiger partial charge < -0.3 is 5.32 Å². The summed E-state index contributed by atoms with van der Waals surface area (Å²) in [5.74, 6) is -0.137. The van der Waals surface area contributed by atoms with Gasteiger partial charge >= 0.3 is 0 Å². The zero-order valence-electron chi connectivity index (χ0n) is 17.2. The summed E-state index contributed by atoms with van der Waals surface area (Å²) < 4.78 is 27.2. The van der Waals surface area contributed by atoms with Crippen molar-refractivity contribution >= 4 is 21.6 Å². The summed E-state index contributed by atoms with van der Waals surface area (Å²) >= 11 is 0. The first-order valence-corrected chi connectivity index (χ1v) is 11.8. The largest absolute Gasteiger partial charge is 0.349 e. The third-order valence-corrected chi connectivity index (χ3v) is 7.44. The summed E-state index contributed by atoms with van der Waals surface area (Å²) in [6, 6.07) is 13.8. The molecule has 1 aliphatic carbocycles. The molecular weight excluding hydrogens is 384 g/mol. The summed E-state index contributed by atoms with van der Waals surface area (Å²) in [6.45, 7) is 1.85. The molecule has 0 unspecified atom stereocenters. The van der Waals surface area contributed by atoms with Gasteiger partial charge in [0, 0.05) is 18.7 Å². The van der Waals surface area contributed by atoms with E-state index in [2.05, 4.69) is 5.32 Å². The molecule has 0 bridgehead atoms. The Balaban J connectivity index is 1.81. The quantitative estimate of drug-likeness (QED) is 0.774. The molecule has 1 fully saturated rings. The Bertz CT molecular complexity index is 934. The number of carbonyl (C=O) groups excluding carboxylic acids is 1. The molecule has 1 aliphatic rings. The van der Waals surface area contributed by atoms with Gasteiger partial charge in [0.05, 0.1) is 10.6 Å². The lowest BCUT2D eigenvalue weighted by molar-refractivity contribution is 0.0930. The van der Waals surface area contributed by atoms with E-state index in [4.69, 9.17) is 0 Å². The van der Waals surface area contributed by atoms with Crippen LogP contribution in [0, 0.1) is 6.92 Å². The highest BCUT2D eigenvalue weighted by atomic mass is 32.2. The molecule has 0 heterocycles. The number of benzene rings is 2. The summed E-state index contributed by atoms with van der Waals surface area (Å²) in [5, 5.41) is 3.15. The fraction of sp³-hybridized carbons (Fsp3) is 0.435. The standard InChI is InChI=1S/C23H30N2O3S/c1-18-15-16-19(23(26)24-20-11-7-4-3-5-8-12-20)17-22(18)25(2)29(27,28)21-13-9-6-10-14-21/h6,9-10,13-17,20H,3-5,7-8,11-12H2,1-2H3,(H,24,26). The maximum atomic E-state index is 13.0. The molecule has 1 amide bonds. The number of rotatable bonds is 5. The predicted octanol–water partition coefficient (Wildman–Crippen LogP) is 4.66. The van der Waals surface area contributed by atoms with Crippen LogP contribution in [0.5, 0.6) is 0 Å². The van der Waals surface area contributed by atoms with Gasteiger partial charge in [-0.3, -0.25) is 9.10 Å². The van der Waals surface area contributed by atoms with E-state index in [1.165, 1.54) is 30.6 Å². The van der Waals surface area contributed by atoms with Crippen LogP contribution in [0.2, 0.25) is 0 Å². The Labute approximate surface area is 174 Å². The molecule has 0 aromatic heterocycles. The SMILES string of the molecule is Cc1ccc(C(=O)NC2CCCCCCC2)cc1N(C)S(=O)(=O)c1ccccc1. The van der Waals surface area contributed by atoms with E-state index in [1.807, 2.05) is 6.92 Å². The minimum atomic E-state index is -3.69. The fourth-order valence-corrected chi connectivity index (χ4v) is 5.11. The smallest absolute Gasteiger partial charge is 0.264 e. The number of aryl methyl sites for hydroxylation is 1. The highest BCUT2D eigenvalue weighted by Gasteiger charge is 2.23. The highest BCUT2D eigenvalue weighted by Crippen LogP contribution is 2.27. The van der Waals surface area contributed by atoms with Gasteiger partial charge in [0.1, 0.15) is 0 Å². The molecule has 29 heavy (non-hydrogen) atoms. The third kappa shape index (κ3) is 5.18. The van der Waals surface area contributed by atoms with Crippen LogP contribution in [0.3, 0.4) is 0 Å². The molecule has 2 aromatic carbocycles. The number of sulfonamides is 1. The predicted molar refractivity (Wildman–Crippen MR) is 117 cm³/mol. The van der Waals surface area contributed by atoms with Crippen molar-refractivity contribution < 1.29 is 13.2 Å². The molecule has 0 spiro atoms. The first-order valence-electron chi connectivity index (χ1n) is 10.3. The van der Waals surface area contributed by atoms with Gasteiger partial charge in [0.15, 0.2) is 0 Å². The molecule has 6 heteroatoms. The first-order chi connectivity index (χ1) is 13.9. The maximum Gasteiger partial charge on any atom is 0.264 e. The molecule has 0 saturated heterocycles. The van der Waals surface area contributed by atoms with Gasteiger partial charge in [-0.1, -0.05) is 56.4 Å². The molecule has 3 rings (SSSR count). The Morgan fingerprint density at radius 3 is 2.24 bits per heavy atom. The van der Waals surface area contributed by atoms with Crippen LogP contribution in [-0.4, -0.2) is 27.4 Å². The van der Waals surface area contributed by atoms with Crippen LogP contribution in [-0.2, 0) is 10.0 Å². The van der Waals surface area contributed by atoms with E-state index in [-0.39, 0.29) is 16.8 Å². The van der Waals surface area contributed by atoms with Crippen LogP contribution >= 0.6 is 0 Å². The van der Waals surface area contributed by atoms with Crippen molar-refractivity contribution in [3.63, 3.8) is 0 Å². The molecule has 2 aromatic rings. The van der Waals surface area contributed by atoms with Crippen molar-refractivity contribution in [3.8, 4) is 0 Å². The number of anilines is 1. The van der Waals surface area contributed by atoms with Crippen LogP contribution in [0.4, 0.5) is 5.69 Å². The van der Waals surface area contributed by atoms with E-state index in [0.29, 0.717) is 11.3 Å². The number of nitrogens with one attached hydrogen (secondary N) is 1. The lowest BCUT2D eigenvalue weighted by Gasteiger charge is -2.23. The summed E-state index contributed by atoms with van der Waals surface area (Å²) in [6.07, 6.45) is 8.03. The monoisotopic (exact) mass is 414 g/mol. The number of nitrogens with zero attached hydrogens (tertiary/aromatic N) is 1. The van der Waals surface area contributed by atoms with Crippen molar-refractivity contribution in [1.29, 1.82) is 0 Å². The summed E-state index contributed by atoms with van der Waals surface area (Å²) in [4.78, 5) is 13.1. The Hall–Kier alpha value is -2.34. The Morgan fingerprint density at radius 1 is 0.966 bits per heavy atom. The second-order valence-electron chi connectivity index (χ2n) is 7.80. The lowest BCUT2D eigenvalue weighted by Crippen LogP contribution is -2.35. The van der Waals surface area contributed by atoms with Gasteiger partial charge in [0.2, 0.25) is 0 Å². The Morgan fingerprint density at radius 2 is 1.59 bits per heavy atom. The molecule has 0 radical (unpaired) electrons. The number of hydrogen-bond donors (Lipinski definition) is 1. The van der Waals surface area contributed by atoms with Gasteiger partial charge in [-0.25, -0.2) is 8.42 Å². The molecule has 5 nitrogen and oxygen atoms in total. The average Bonchev–Trinajstić information content (AvgIpc) is 2.70. The zero-order valence-corrected chi connectivity index (χ0v) is 18.0. The van der Waals surface area contributed by atoms with Gasteiger partial charge in [0.25, 0.3) is 15.9 Å². The topological polar surface area (TPSA) is 66.5 Å². The van der Waals surface area contributed by atoms with Gasteiger partial charge in [-0.05, 0) is 49.6 Å². The maximum absolute atomic E-state index is 13.0. The highest BCUT2D eigenvalue weighted by molar-refractivity contribution is 7.92. The molecular formula is C23H30N2O3S. The van der Waals surface area contributed by atoms with E-state index < -0.39 is 10.0 Å². The number of hydrogen-bond acceptors (Lipinski definition) is 3. The second kappa shape index (κ2) is 9.44. The van der Waals surface area contributed by atoms with Crippen molar-refractivity contribution in [3.05, 3.63) is 59.7 Å². The first kappa shape index (κ1) is 21.4. The van der Waals surface area contributed by atoms with Crippen LogP contribution in [0.1, 0.15) is 60.9 Å². The minimum absolute atomic E-state index is 0.137. The van der Waals surface area contributed by atoms with Crippen LogP contribution in [0.25, 0.3) is 0 Å². The van der Waals surface area contributed by atoms with Crippen molar-refractivity contribution in [1.82, 2.24) is 5.32 Å². The lowest BCUT2D eigenvalue weighted by atomic mass is 9.96. The fourth-order valence-electron chi connectivity index (χ4n) is 3.84. The third-order valence-electron chi connectivity index (χ3n) is 5.65. The van der Waals surface area contributed by atoms with Crippen LogP contribution in [0.15, 0.2) is 53.4 Å². The zero-order chi connectivity index (χ0) is 20.9. The van der Waals surface area contributed by atoms with Crippen LogP contribution < -0.4 is 9.62 Å². The van der Waals surface area contributed by atoms with Crippen molar-refractivity contribution in [2.45, 2.75) is 62.8 Å². The summed E-state index contributed by atoms with van der Waals surface area (Å²) in [5.41, 5.74) is 1.80. The molecule has 1 saturated carbocycles. The molecule has 0 atom stereocenters. The van der Waals surface area contributed by atoms with E-state index >= 15 is 0 Å². The van der Waals surface area contributed by atoms with E-state index in [1.54, 1.807) is 48.5 Å². The van der Waals surface area contributed by atoms with Gasteiger partial charge in [-0.15, -0.1) is 0 Å². The van der Waals surface area contributed by atoms with Crippen molar-refractivity contribution in [2.75, 3.05) is 11.4 Å². The van der Waals surface area contributed by atoms with Crippen molar-refractivity contribution in [2.24, 2.45) is 0 Å². The summed E-state index contributed by atoms with van der Waals surface area (Å²) in [7, 11) is -2.16. The van der Waals surface area contributed by atoms with E-state index in [9.17, 15) is 13.2 Å². The van der Waals surface area contributed by atoms with Gasteiger partial charge in [-0.2, -0.15) is 0 Å². The molecule has 0 aliphatic heterocycles.